The smallest absolute Gasteiger partial charge is 0.246 e. The summed E-state index contributed by atoms with van der Waals surface area (Å²) in [6, 6.07) is 0. The Morgan fingerprint density at radius 2 is 1.75 bits per heavy atom. The van der Waals surface area contributed by atoms with Crippen LogP contribution in [0.15, 0.2) is 0 Å². The normalized spacial score (nSPS) is 43.0. The van der Waals surface area contributed by atoms with Gasteiger partial charge < -0.3 is 24.8 Å². The molecular weight excluding hydrogens is 439 g/mol. The second kappa shape index (κ2) is 9.72. The number of ether oxygens (including phenoxy) is 3. The minimum absolute atomic E-state index is 0.0751. The molecule has 0 heterocycles. The third-order valence-corrected chi connectivity index (χ3v) is 8.53. The average Bonchev–Trinajstić information content (AvgIpc) is 2.74. The van der Waals surface area contributed by atoms with E-state index in [1.54, 1.807) is 14.2 Å². The van der Waals surface area contributed by atoms with Gasteiger partial charge >= 0.3 is 0 Å². The zero-order chi connectivity index (χ0) is 22.9. The molecule has 0 spiro atoms. The van der Waals surface area contributed by atoms with E-state index < -0.39 is 11.5 Å². The Bertz CT molecular complexity index is 690. The van der Waals surface area contributed by atoms with Gasteiger partial charge in [-0.05, 0) is 51.4 Å². The summed E-state index contributed by atoms with van der Waals surface area (Å²) in [4.78, 5) is 25.1. The standard InChI is InChI=1S/C23H36ClFN2O5/c1-30-15-4-6-19(31-2)14(7-15)9-26-21(29)22-11-23(12-22,13-22)27-20(28)10-32-16-3-5-17(24)18(25)8-16/h14-19H,3-13H2,1-2H3,(H,26,29)(H,27,28). The van der Waals surface area contributed by atoms with Gasteiger partial charge in [-0.2, -0.15) is 0 Å². The molecule has 0 radical (unpaired) electrons. The molecule has 5 fully saturated rings. The number of hydrogen-bond acceptors (Lipinski definition) is 5. The molecule has 9 heteroatoms. The van der Waals surface area contributed by atoms with E-state index in [1.807, 2.05) is 0 Å². The number of alkyl halides is 2. The number of nitrogens with one attached hydrogen (secondary N) is 2. The van der Waals surface area contributed by atoms with Crippen molar-refractivity contribution in [2.75, 3.05) is 27.4 Å². The van der Waals surface area contributed by atoms with E-state index in [9.17, 15) is 14.0 Å². The van der Waals surface area contributed by atoms with Crippen LogP contribution < -0.4 is 10.6 Å². The Kier molecular flexibility index (Phi) is 7.35. The molecule has 2 N–H and O–H groups in total. The number of rotatable bonds is 9. The topological polar surface area (TPSA) is 85.9 Å². The van der Waals surface area contributed by atoms with Crippen molar-refractivity contribution in [2.24, 2.45) is 11.3 Å². The molecule has 6 atom stereocenters. The first kappa shape index (κ1) is 24.2. The van der Waals surface area contributed by atoms with Crippen LogP contribution in [0.1, 0.15) is 57.8 Å². The fourth-order valence-corrected chi connectivity index (χ4v) is 6.45. The second-order valence-electron chi connectivity index (χ2n) is 10.3. The number of amides is 2. The summed E-state index contributed by atoms with van der Waals surface area (Å²) in [6.45, 7) is 0.512. The number of carbonyl (C=O) groups excluding carboxylic acids is 2. The van der Waals surface area contributed by atoms with Gasteiger partial charge in [-0.15, -0.1) is 11.6 Å². The van der Waals surface area contributed by atoms with Crippen molar-refractivity contribution in [1.29, 1.82) is 0 Å². The Balaban J connectivity index is 1.16. The number of carbonyl (C=O) groups is 2. The van der Waals surface area contributed by atoms with E-state index in [-0.39, 0.29) is 60.0 Å². The van der Waals surface area contributed by atoms with Crippen molar-refractivity contribution < 1.29 is 28.2 Å². The summed E-state index contributed by atoms with van der Waals surface area (Å²) in [5.74, 6) is 0.127. The number of hydrogen-bond donors (Lipinski definition) is 2. The SMILES string of the molecule is COC1CCC(OC)C(CNC(=O)C23CC(NC(=O)COC4CCC(Cl)C(F)C4)(C2)C3)C1. The van der Waals surface area contributed by atoms with Crippen molar-refractivity contribution >= 4 is 23.4 Å². The first-order valence-corrected chi connectivity index (χ1v) is 12.3. The molecule has 0 aliphatic heterocycles. The van der Waals surface area contributed by atoms with Crippen LogP contribution in [0, 0.1) is 11.3 Å². The van der Waals surface area contributed by atoms with Gasteiger partial charge in [0.25, 0.3) is 0 Å². The van der Waals surface area contributed by atoms with Gasteiger partial charge in [-0.1, -0.05) is 0 Å². The van der Waals surface area contributed by atoms with Crippen LogP contribution in [-0.2, 0) is 23.8 Å². The monoisotopic (exact) mass is 474 g/mol. The van der Waals surface area contributed by atoms with Gasteiger partial charge in [0.2, 0.25) is 11.8 Å². The van der Waals surface area contributed by atoms with Gasteiger partial charge in [-0.25, -0.2) is 4.39 Å². The molecule has 0 saturated heterocycles. The summed E-state index contributed by atoms with van der Waals surface area (Å²) in [5, 5.41) is 5.71. The first-order valence-electron chi connectivity index (χ1n) is 11.8. The van der Waals surface area contributed by atoms with Crippen molar-refractivity contribution in [3.63, 3.8) is 0 Å². The predicted molar refractivity (Wildman–Crippen MR) is 117 cm³/mol. The molecule has 0 aromatic heterocycles. The molecule has 32 heavy (non-hydrogen) atoms. The molecule has 0 aromatic rings. The van der Waals surface area contributed by atoms with Gasteiger partial charge in [0.05, 0.1) is 29.1 Å². The largest absolute Gasteiger partial charge is 0.381 e. The molecule has 0 aromatic carbocycles. The third-order valence-electron chi connectivity index (χ3n) is 8.04. The van der Waals surface area contributed by atoms with Crippen LogP contribution in [0.25, 0.3) is 0 Å². The van der Waals surface area contributed by atoms with Crippen molar-refractivity contribution in [3.8, 4) is 0 Å². The highest BCUT2D eigenvalue weighted by Gasteiger charge is 2.72. The lowest BCUT2D eigenvalue weighted by Crippen LogP contribution is -2.78. The highest BCUT2D eigenvalue weighted by molar-refractivity contribution is 6.21. The van der Waals surface area contributed by atoms with Gasteiger partial charge in [0.1, 0.15) is 12.8 Å². The number of methoxy groups -OCH3 is 2. The van der Waals surface area contributed by atoms with Crippen LogP contribution >= 0.6 is 11.6 Å². The maximum atomic E-state index is 13.7. The highest BCUT2D eigenvalue weighted by atomic mass is 35.5. The Labute approximate surface area is 194 Å². The van der Waals surface area contributed by atoms with Crippen molar-refractivity contribution in [2.45, 2.75) is 93.2 Å². The third kappa shape index (κ3) is 4.93. The summed E-state index contributed by atoms with van der Waals surface area (Å²) in [5.41, 5.74) is -0.637. The summed E-state index contributed by atoms with van der Waals surface area (Å²) in [6.07, 6.45) is 5.32. The fraction of sp³-hybridized carbons (Fsp3) is 0.913. The van der Waals surface area contributed by atoms with E-state index in [2.05, 4.69) is 10.6 Å². The lowest BCUT2D eigenvalue weighted by molar-refractivity contribution is -0.185. The van der Waals surface area contributed by atoms with E-state index in [0.717, 1.165) is 19.3 Å². The van der Waals surface area contributed by atoms with E-state index in [0.29, 0.717) is 38.6 Å². The predicted octanol–water partition coefficient (Wildman–Crippen LogP) is 2.49. The minimum Gasteiger partial charge on any atom is -0.381 e. The Morgan fingerprint density at radius 3 is 2.41 bits per heavy atom. The molecule has 5 rings (SSSR count). The van der Waals surface area contributed by atoms with Crippen molar-refractivity contribution in [3.05, 3.63) is 0 Å². The quantitative estimate of drug-likeness (QED) is 0.501. The second-order valence-corrected chi connectivity index (χ2v) is 10.9. The van der Waals surface area contributed by atoms with Gasteiger partial charge in [0, 0.05) is 38.6 Å². The van der Waals surface area contributed by atoms with Gasteiger partial charge in [-0.3, -0.25) is 9.59 Å². The van der Waals surface area contributed by atoms with Crippen LogP contribution in [0.2, 0.25) is 0 Å². The zero-order valence-corrected chi connectivity index (χ0v) is 19.8. The number of halogens is 2. The molecule has 6 unspecified atom stereocenters. The van der Waals surface area contributed by atoms with E-state index in [1.165, 1.54) is 0 Å². The molecule has 5 aliphatic rings. The van der Waals surface area contributed by atoms with Crippen LogP contribution in [0.3, 0.4) is 0 Å². The van der Waals surface area contributed by atoms with Crippen LogP contribution in [-0.4, -0.2) is 74.6 Å². The average molecular weight is 475 g/mol. The summed E-state index contributed by atoms with van der Waals surface area (Å²) < 4.78 is 30.4. The highest BCUT2D eigenvalue weighted by Crippen LogP contribution is 2.67. The summed E-state index contributed by atoms with van der Waals surface area (Å²) in [7, 11) is 3.46. The molecule has 2 bridgehead atoms. The first-order chi connectivity index (χ1) is 15.3. The fourth-order valence-electron chi connectivity index (χ4n) is 6.22. The maximum absolute atomic E-state index is 13.7. The van der Waals surface area contributed by atoms with Crippen LogP contribution in [0.5, 0.6) is 0 Å². The molecule has 182 valence electrons. The molecule has 5 aliphatic carbocycles. The zero-order valence-electron chi connectivity index (χ0n) is 19.0. The van der Waals surface area contributed by atoms with Crippen molar-refractivity contribution in [1.82, 2.24) is 10.6 Å². The van der Waals surface area contributed by atoms with Crippen LogP contribution in [0.4, 0.5) is 4.39 Å². The van der Waals surface area contributed by atoms with E-state index in [4.69, 9.17) is 25.8 Å². The minimum atomic E-state index is -1.08. The summed E-state index contributed by atoms with van der Waals surface area (Å²) >= 11 is 5.89. The molecular formula is C23H36ClFN2O5. The van der Waals surface area contributed by atoms with E-state index >= 15 is 0 Å². The molecule has 5 saturated carbocycles. The Hall–Kier alpha value is -0.960. The molecule has 2 amide bonds. The lowest BCUT2D eigenvalue weighted by atomic mass is 9.39. The maximum Gasteiger partial charge on any atom is 0.246 e. The Morgan fingerprint density at radius 1 is 1.03 bits per heavy atom. The van der Waals surface area contributed by atoms with Gasteiger partial charge in [0.15, 0.2) is 0 Å². The lowest BCUT2D eigenvalue weighted by Gasteiger charge is -2.69. The molecule has 7 nitrogen and oxygen atoms in total.